The molecule has 0 spiro atoms. The molecule has 0 unspecified atom stereocenters. The Morgan fingerprint density at radius 3 is 2.68 bits per heavy atom. The molecule has 104 valence electrons. The Morgan fingerprint density at radius 2 is 2.11 bits per heavy atom. The summed E-state index contributed by atoms with van der Waals surface area (Å²) >= 11 is 0. The molecule has 0 fully saturated rings. The molecule has 0 aliphatic carbocycles. The standard InChI is InChI=1S/C10H13N3O5S/c11-19(17,18)6-2-5-13-9(14)8-7(10(15)16)3-1-4-12-8/h1,3-4H,2,5-6H2,(H,13,14)(H,15,16)(H2,11,17,18). The van der Waals surface area contributed by atoms with Gasteiger partial charge in [0, 0.05) is 12.7 Å². The van der Waals surface area contributed by atoms with Crippen molar-refractivity contribution in [2.45, 2.75) is 6.42 Å². The average Bonchev–Trinajstić information content (AvgIpc) is 2.33. The van der Waals surface area contributed by atoms with E-state index in [1.807, 2.05) is 0 Å². The topological polar surface area (TPSA) is 139 Å². The van der Waals surface area contributed by atoms with Crippen LogP contribution < -0.4 is 10.5 Å². The highest BCUT2D eigenvalue weighted by atomic mass is 32.2. The van der Waals surface area contributed by atoms with Gasteiger partial charge in [0.15, 0.2) is 0 Å². The van der Waals surface area contributed by atoms with Gasteiger partial charge < -0.3 is 10.4 Å². The number of carboxylic acid groups (broad SMARTS) is 1. The Kier molecular flexibility index (Phi) is 4.95. The molecule has 19 heavy (non-hydrogen) atoms. The molecule has 1 aromatic rings. The van der Waals surface area contributed by atoms with E-state index in [1.165, 1.54) is 18.3 Å². The number of aromatic carboxylic acids is 1. The molecular weight excluding hydrogens is 274 g/mol. The number of amides is 1. The van der Waals surface area contributed by atoms with Crippen LogP contribution in [0.4, 0.5) is 0 Å². The lowest BCUT2D eigenvalue weighted by molar-refractivity contribution is 0.0690. The summed E-state index contributed by atoms with van der Waals surface area (Å²) in [5.74, 6) is -2.20. The van der Waals surface area contributed by atoms with Crippen LogP contribution in [-0.2, 0) is 10.0 Å². The van der Waals surface area contributed by atoms with Crippen LogP contribution in [0.15, 0.2) is 18.3 Å². The second kappa shape index (κ2) is 6.25. The van der Waals surface area contributed by atoms with Crippen LogP contribution in [0.3, 0.4) is 0 Å². The number of nitrogens with zero attached hydrogens (tertiary/aromatic N) is 1. The van der Waals surface area contributed by atoms with Crippen molar-refractivity contribution in [3.8, 4) is 0 Å². The predicted octanol–water partition coefficient (Wildman–Crippen LogP) is -0.812. The average molecular weight is 287 g/mol. The van der Waals surface area contributed by atoms with Gasteiger partial charge in [0.05, 0.1) is 11.3 Å². The second-order valence-electron chi connectivity index (χ2n) is 3.68. The number of carbonyl (C=O) groups excluding carboxylic acids is 1. The number of nitrogens with one attached hydrogen (secondary N) is 1. The molecule has 0 saturated heterocycles. The van der Waals surface area contributed by atoms with Crippen LogP contribution >= 0.6 is 0 Å². The monoisotopic (exact) mass is 287 g/mol. The predicted molar refractivity (Wildman–Crippen MR) is 66.1 cm³/mol. The number of carbonyl (C=O) groups is 2. The highest BCUT2D eigenvalue weighted by Crippen LogP contribution is 2.05. The van der Waals surface area contributed by atoms with Crippen LogP contribution in [0.5, 0.6) is 0 Å². The fourth-order valence-electron chi connectivity index (χ4n) is 1.32. The zero-order valence-corrected chi connectivity index (χ0v) is 10.7. The van der Waals surface area contributed by atoms with E-state index >= 15 is 0 Å². The smallest absolute Gasteiger partial charge is 0.338 e. The van der Waals surface area contributed by atoms with Gasteiger partial charge in [-0.1, -0.05) is 0 Å². The Morgan fingerprint density at radius 1 is 1.42 bits per heavy atom. The second-order valence-corrected chi connectivity index (χ2v) is 5.42. The van der Waals surface area contributed by atoms with Crippen molar-refractivity contribution in [1.29, 1.82) is 0 Å². The van der Waals surface area contributed by atoms with Crippen molar-refractivity contribution in [2.24, 2.45) is 5.14 Å². The first-order chi connectivity index (χ1) is 8.81. The molecule has 0 saturated carbocycles. The Hall–Kier alpha value is -2.00. The molecule has 4 N–H and O–H groups in total. The van der Waals surface area contributed by atoms with E-state index in [9.17, 15) is 18.0 Å². The third kappa shape index (κ3) is 5.02. The summed E-state index contributed by atoms with van der Waals surface area (Å²) in [4.78, 5) is 26.2. The van der Waals surface area contributed by atoms with Crippen molar-refractivity contribution >= 4 is 21.9 Å². The molecule has 0 aromatic carbocycles. The highest BCUT2D eigenvalue weighted by molar-refractivity contribution is 7.89. The first-order valence-corrected chi connectivity index (χ1v) is 7.00. The lowest BCUT2D eigenvalue weighted by Gasteiger charge is -2.06. The highest BCUT2D eigenvalue weighted by Gasteiger charge is 2.17. The van der Waals surface area contributed by atoms with Gasteiger partial charge >= 0.3 is 5.97 Å². The van der Waals surface area contributed by atoms with Gasteiger partial charge in [0.1, 0.15) is 5.69 Å². The molecular formula is C10H13N3O5S. The van der Waals surface area contributed by atoms with Crippen molar-refractivity contribution < 1.29 is 23.1 Å². The Balaban J connectivity index is 2.62. The number of nitrogens with two attached hydrogens (primary N) is 1. The molecule has 1 amide bonds. The van der Waals surface area contributed by atoms with Crippen molar-refractivity contribution in [3.63, 3.8) is 0 Å². The van der Waals surface area contributed by atoms with Crippen LogP contribution in [0.1, 0.15) is 27.3 Å². The molecule has 0 aliphatic rings. The Bertz CT molecular complexity index is 585. The molecule has 0 atom stereocenters. The first kappa shape index (κ1) is 15.1. The Labute approximate surface area is 109 Å². The number of sulfonamides is 1. The lowest BCUT2D eigenvalue weighted by atomic mass is 10.2. The molecule has 9 heteroatoms. The van der Waals surface area contributed by atoms with E-state index in [0.29, 0.717) is 0 Å². The molecule has 1 rings (SSSR count). The minimum atomic E-state index is -3.57. The fraction of sp³-hybridized carbons (Fsp3) is 0.300. The maximum atomic E-state index is 11.7. The van der Waals surface area contributed by atoms with Crippen molar-refractivity contribution in [3.05, 3.63) is 29.6 Å². The van der Waals surface area contributed by atoms with E-state index in [2.05, 4.69) is 10.3 Å². The quantitative estimate of drug-likeness (QED) is 0.584. The normalized spacial score (nSPS) is 11.0. The summed E-state index contributed by atoms with van der Waals surface area (Å²) in [6.07, 6.45) is 1.44. The summed E-state index contributed by atoms with van der Waals surface area (Å²) in [6, 6.07) is 2.66. The number of aromatic nitrogens is 1. The molecule has 8 nitrogen and oxygen atoms in total. The van der Waals surface area contributed by atoms with Gasteiger partial charge in [-0.15, -0.1) is 0 Å². The van der Waals surface area contributed by atoms with Gasteiger partial charge in [0.25, 0.3) is 5.91 Å². The third-order valence-electron chi connectivity index (χ3n) is 2.14. The van der Waals surface area contributed by atoms with Gasteiger partial charge in [-0.3, -0.25) is 9.78 Å². The van der Waals surface area contributed by atoms with Crippen molar-refractivity contribution in [1.82, 2.24) is 10.3 Å². The summed E-state index contributed by atoms with van der Waals surface area (Å²) in [5, 5.41) is 16.1. The van der Waals surface area contributed by atoms with E-state index in [4.69, 9.17) is 10.2 Å². The molecule has 1 aromatic heterocycles. The minimum absolute atomic E-state index is 0.0604. The number of primary sulfonamides is 1. The number of carboxylic acids is 1. The van der Waals surface area contributed by atoms with E-state index in [-0.39, 0.29) is 30.0 Å². The lowest BCUT2D eigenvalue weighted by Crippen LogP contribution is -2.29. The SMILES string of the molecule is NS(=O)(=O)CCCNC(=O)c1ncccc1C(=O)O. The largest absolute Gasteiger partial charge is 0.478 e. The number of pyridine rings is 1. The number of hydrogen-bond donors (Lipinski definition) is 3. The van der Waals surface area contributed by atoms with E-state index < -0.39 is 21.9 Å². The zero-order valence-electron chi connectivity index (χ0n) is 9.87. The van der Waals surface area contributed by atoms with Crippen LogP contribution in [0.2, 0.25) is 0 Å². The van der Waals surface area contributed by atoms with Crippen LogP contribution in [0.25, 0.3) is 0 Å². The van der Waals surface area contributed by atoms with E-state index in [0.717, 1.165) is 0 Å². The fourth-order valence-corrected chi connectivity index (χ4v) is 1.86. The minimum Gasteiger partial charge on any atom is -0.478 e. The summed E-state index contributed by atoms with van der Waals surface area (Å²) in [5.41, 5.74) is -0.433. The van der Waals surface area contributed by atoms with Crippen molar-refractivity contribution in [2.75, 3.05) is 12.3 Å². The van der Waals surface area contributed by atoms with Crippen LogP contribution in [0, 0.1) is 0 Å². The van der Waals surface area contributed by atoms with Gasteiger partial charge in [0.2, 0.25) is 10.0 Å². The van der Waals surface area contributed by atoms with Gasteiger partial charge in [-0.25, -0.2) is 18.4 Å². The molecule has 0 radical (unpaired) electrons. The number of rotatable bonds is 6. The van der Waals surface area contributed by atoms with Gasteiger partial charge in [-0.2, -0.15) is 0 Å². The summed E-state index contributed by atoms with van der Waals surface area (Å²) < 4.78 is 21.3. The van der Waals surface area contributed by atoms with Gasteiger partial charge in [-0.05, 0) is 18.6 Å². The molecule has 0 aliphatic heterocycles. The maximum Gasteiger partial charge on any atom is 0.338 e. The first-order valence-electron chi connectivity index (χ1n) is 5.28. The maximum absolute atomic E-state index is 11.7. The van der Waals surface area contributed by atoms with E-state index in [1.54, 1.807) is 0 Å². The third-order valence-corrected chi connectivity index (χ3v) is 3.00. The molecule has 0 bridgehead atoms. The van der Waals surface area contributed by atoms with Crippen LogP contribution in [-0.4, -0.2) is 42.7 Å². The summed E-state index contributed by atoms with van der Waals surface area (Å²) in [6.45, 7) is 0.0604. The number of hydrogen-bond acceptors (Lipinski definition) is 5. The zero-order chi connectivity index (χ0) is 14.5. The molecule has 1 heterocycles. The summed E-state index contributed by atoms with van der Waals surface area (Å²) in [7, 11) is -3.57.